The molecule has 0 saturated carbocycles. The number of piperidine rings is 1. The molecule has 1 fully saturated rings. The topological polar surface area (TPSA) is 53.2 Å². The van der Waals surface area contributed by atoms with Gasteiger partial charge >= 0.3 is 6.03 Å². The van der Waals surface area contributed by atoms with Crippen molar-refractivity contribution in [3.63, 3.8) is 0 Å². The third-order valence-corrected chi connectivity index (χ3v) is 2.91. The summed E-state index contributed by atoms with van der Waals surface area (Å²) >= 11 is 0. The maximum Gasteiger partial charge on any atom is 0.319 e. The molecular formula is C13H19N3O. The number of rotatable bonds is 2. The van der Waals surface area contributed by atoms with Crippen LogP contribution in [0.5, 0.6) is 0 Å². The molecule has 2 amide bonds. The highest BCUT2D eigenvalue weighted by molar-refractivity contribution is 5.89. The molecule has 1 saturated heterocycles. The second-order valence-electron chi connectivity index (χ2n) is 4.51. The zero-order valence-corrected chi connectivity index (χ0v) is 10.1. The second-order valence-corrected chi connectivity index (χ2v) is 4.51. The van der Waals surface area contributed by atoms with E-state index in [0.29, 0.717) is 0 Å². The summed E-state index contributed by atoms with van der Waals surface area (Å²) in [4.78, 5) is 11.7. The lowest BCUT2D eigenvalue weighted by atomic mass is 10.1. The molecule has 4 nitrogen and oxygen atoms in total. The van der Waals surface area contributed by atoms with Gasteiger partial charge in [-0.2, -0.15) is 0 Å². The summed E-state index contributed by atoms with van der Waals surface area (Å²) in [6.45, 7) is 3.92. The average molecular weight is 233 g/mol. The van der Waals surface area contributed by atoms with E-state index in [0.717, 1.165) is 37.2 Å². The molecule has 92 valence electrons. The van der Waals surface area contributed by atoms with Crippen LogP contribution < -0.4 is 16.0 Å². The molecule has 0 bridgehead atoms. The van der Waals surface area contributed by atoms with E-state index in [1.807, 2.05) is 31.2 Å². The highest BCUT2D eigenvalue weighted by atomic mass is 16.2. The minimum absolute atomic E-state index is 0.121. The number of carbonyl (C=O) groups excluding carboxylic acids is 1. The molecule has 1 heterocycles. The molecule has 1 aliphatic heterocycles. The van der Waals surface area contributed by atoms with E-state index in [-0.39, 0.29) is 12.1 Å². The minimum Gasteiger partial charge on any atom is -0.334 e. The number of hydrogen-bond acceptors (Lipinski definition) is 2. The van der Waals surface area contributed by atoms with Gasteiger partial charge in [0, 0.05) is 18.3 Å². The van der Waals surface area contributed by atoms with Crippen LogP contribution in [0.4, 0.5) is 10.5 Å². The Balaban J connectivity index is 1.84. The number of anilines is 1. The largest absolute Gasteiger partial charge is 0.334 e. The van der Waals surface area contributed by atoms with Crippen LogP contribution in [-0.4, -0.2) is 25.2 Å². The molecule has 0 spiro atoms. The number of benzene rings is 1. The molecule has 3 N–H and O–H groups in total. The summed E-state index contributed by atoms with van der Waals surface area (Å²) in [5.41, 5.74) is 1.98. The molecule has 0 radical (unpaired) electrons. The van der Waals surface area contributed by atoms with Crippen LogP contribution in [-0.2, 0) is 0 Å². The fraction of sp³-hybridized carbons (Fsp3) is 0.462. The van der Waals surface area contributed by atoms with Gasteiger partial charge in [0.15, 0.2) is 0 Å². The van der Waals surface area contributed by atoms with E-state index in [9.17, 15) is 4.79 Å². The third-order valence-electron chi connectivity index (χ3n) is 2.91. The lowest BCUT2D eigenvalue weighted by Gasteiger charge is -2.23. The standard InChI is InChI=1S/C13H19N3O/c1-10-4-2-5-11(8-10)15-13(17)16-12-6-3-7-14-9-12/h2,4-5,8,12,14H,3,6-7,9H2,1H3,(H2,15,16,17)/t12-/m0/s1. The summed E-state index contributed by atoms with van der Waals surface area (Å²) in [6, 6.07) is 7.92. The van der Waals surface area contributed by atoms with Crippen molar-refractivity contribution in [2.75, 3.05) is 18.4 Å². The maximum absolute atomic E-state index is 11.7. The van der Waals surface area contributed by atoms with Crippen LogP contribution in [0.15, 0.2) is 24.3 Å². The van der Waals surface area contributed by atoms with Gasteiger partial charge in [-0.05, 0) is 44.0 Å². The van der Waals surface area contributed by atoms with E-state index >= 15 is 0 Å². The lowest BCUT2D eigenvalue weighted by Crippen LogP contribution is -2.47. The van der Waals surface area contributed by atoms with E-state index in [4.69, 9.17) is 0 Å². The monoisotopic (exact) mass is 233 g/mol. The van der Waals surface area contributed by atoms with Gasteiger partial charge in [0.05, 0.1) is 0 Å². The minimum atomic E-state index is -0.121. The molecule has 1 aromatic rings. The first-order valence-electron chi connectivity index (χ1n) is 6.09. The van der Waals surface area contributed by atoms with E-state index in [1.54, 1.807) is 0 Å². The number of nitrogens with one attached hydrogen (secondary N) is 3. The van der Waals surface area contributed by atoms with Crippen molar-refractivity contribution in [1.29, 1.82) is 0 Å². The van der Waals surface area contributed by atoms with Gasteiger partial charge in [-0.3, -0.25) is 0 Å². The Kier molecular flexibility index (Phi) is 3.98. The average Bonchev–Trinajstić information content (AvgIpc) is 2.30. The summed E-state index contributed by atoms with van der Waals surface area (Å²) in [7, 11) is 0. The number of amides is 2. The first-order chi connectivity index (χ1) is 8.24. The van der Waals surface area contributed by atoms with Gasteiger partial charge < -0.3 is 16.0 Å². The zero-order chi connectivity index (χ0) is 12.1. The second kappa shape index (κ2) is 5.68. The highest BCUT2D eigenvalue weighted by Crippen LogP contribution is 2.09. The first kappa shape index (κ1) is 11.9. The first-order valence-corrected chi connectivity index (χ1v) is 6.09. The predicted octanol–water partition coefficient (Wildman–Crippen LogP) is 1.87. The van der Waals surface area contributed by atoms with Crippen LogP contribution in [0.2, 0.25) is 0 Å². The summed E-state index contributed by atoms with van der Waals surface area (Å²) in [6.07, 6.45) is 2.17. The molecule has 1 aliphatic rings. The SMILES string of the molecule is Cc1cccc(NC(=O)N[C@H]2CCCNC2)c1. The quantitative estimate of drug-likeness (QED) is 0.730. The number of hydrogen-bond donors (Lipinski definition) is 3. The fourth-order valence-corrected chi connectivity index (χ4v) is 2.05. The van der Waals surface area contributed by atoms with Gasteiger partial charge in [-0.1, -0.05) is 12.1 Å². The van der Waals surface area contributed by atoms with Gasteiger partial charge in [0.2, 0.25) is 0 Å². The smallest absolute Gasteiger partial charge is 0.319 e. The normalized spacial score (nSPS) is 19.7. The van der Waals surface area contributed by atoms with Crippen molar-refractivity contribution >= 4 is 11.7 Å². The maximum atomic E-state index is 11.7. The number of carbonyl (C=O) groups is 1. The van der Waals surface area contributed by atoms with Gasteiger partial charge in [0.1, 0.15) is 0 Å². The van der Waals surface area contributed by atoms with Crippen molar-refractivity contribution in [2.24, 2.45) is 0 Å². The Hall–Kier alpha value is -1.55. The molecule has 1 atom stereocenters. The molecule has 0 aliphatic carbocycles. The van der Waals surface area contributed by atoms with E-state index in [1.165, 1.54) is 0 Å². The van der Waals surface area contributed by atoms with Crippen LogP contribution in [0, 0.1) is 6.92 Å². The van der Waals surface area contributed by atoms with Gasteiger partial charge in [-0.25, -0.2) is 4.79 Å². The summed E-state index contributed by atoms with van der Waals surface area (Å²) in [5, 5.41) is 9.10. The Bertz CT molecular complexity index is 386. The molecule has 0 aromatic heterocycles. The van der Waals surface area contributed by atoms with Gasteiger partial charge in [-0.15, -0.1) is 0 Å². The molecule has 0 unspecified atom stereocenters. The van der Waals surface area contributed by atoms with Crippen molar-refractivity contribution < 1.29 is 4.79 Å². The Morgan fingerprint density at radius 3 is 3.06 bits per heavy atom. The zero-order valence-electron chi connectivity index (χ0n) is 10.1. The van der Waals surface area contributed by atoms with Crippen LogP contribution >= 0.6 is 0 Å². The Morgan fingerprint density at radius 1 is 1.47 bits per heavy atom. The molecular weight excluding hydrogens is 214 g/mol. The summed E-state index contributed by atoms with van der Waals surface area (Å²) in [5.74, 6) is 0. The number of urea groups is 1. The number of aryl methyl sites for hydroxylation is 1. The third kappa shape index (κ3) is 3.75. The van der Waals surface area contributed by atoms with Crippen molar-refractivity contribution in [3.05, 3.63) is 29.8 Å². The fourth-order valence-electron chi connectivity index (χ4n) is 2.05. The van der Waals surface area contributed by atoms with Gasteiger partial charge in [0.25, 0.3) is 0 Å². The summed E-state index contributed by atoms with van der Waals surface area (Å²) < 4.78 is 0. The van der Waals surface area contributed by atoms with Crippen molar-refractivity contribution in [2.45, 2.75) is 25.8 Å². The van der Waals surface area contributed by atoms with Crippen LogP contribution in [0.1, 0.15) is 18.4 Å². The molecule has 1 aromatic carbocycles. The van der Waals surface area contributed by atoms with Crippen molar-refractivity contribution in [1.82, 2.24) is 10.6 Å². The van der Waals surface area contributed by atoms with Crippen LogP contribution in [0.25, 0.3) is 0 Å². The molecule has 4 heteroatoms. The Morgan fingerprint density at radius 2 is 2.35 bits per heavy atom. The van der Waals surface area contributed by atoms with E-state index in [2.05, 4.69) is 16.0 Å². The Labute approximate surface area is 102 Å². The lowest BCUT2D eigenvalue weighted by molar-refractivity contribution is 0.245. The highest BCUT2D eigenvalue weighted by Gasteiger charge is 2.14. The predicted molar refractivity (Wildman–Crippen MR) is 69.2 cm³/mol. The van der Waals surface area contributed by atoms with E-state index < -0.39 is 0 Å². The molecule has 17 heavy (non-hydrogen) atoms. The van der Waals surface area contributed by atoms with Crippen LogP contribution in [0.3, 0.4) is 0 Å². The van der Waals surface area contributed by atoms with Crippen molar-refractivity contribution in [3.8, 4) is 0 Å². The molecule has 2 rings (SSSR count).